The van der Waals surface area contributed by atoms with Crippen LogP contribution in [0.3, 0.4) is 0 Å². The van der Waals surface area contributed by atoms with Crippen LogP contribution in [0, 0.1) is 10.1 Å². The molecule has 2 aromatic carbocycles. The maximum absolute atomic E-state index is 11.0. The van der Waals surface area contributed by atoms with Gasteiger partial charge in [0, 0.05) is 24.1 Å². The average molecular weight is 310 g/mol. The number of aliphatic hydroxyl groups excluding tert-OH is 1. The van der Waals surface area contributed by atoms with Gasteiger partial charge >= 0.3 is 0 Å². The average Bonchev–Trinajstić information content (AvgIpc) is 2.59. The zero-order chi connectivity index (χ0) is 16.2. The third kappa shape index (κ3) is 3.24. The van der Waals surface area contributed by atoms with Crippen molar-refractivity contribution in [1.82, 2.24) is 9.97 Å². The molecule has 0 aliphatic heterocycles. The van der Waals surface area contributed by atoms with Gasteiger partial charge in [0.15, 0.2) is 5.82 Å². The smallest absolute Gasteiger partial charge is 0.270 e. The van der Waals surface area contributed by atoms with Gasteiger partial charge in [0.2, 0.25) is 0 Å². The number of nitrogens with zero attached hydrogens (tertiary/aromatic N) is 3. The molecule has 0 bridgehead atoms. The summed E-state index contributed by atoms with van der Waals surface area (Å²) in [5.74, 6) is 0.730. The van der Waals surface area contributed by atoms with Crippen LogP contribution in [0.1, 0.15) is 11.4 Å². The molecule has 0 saturated carbocycles. The summed E-state index contributed by atoms with van der Waals surface area (Å²) in [7, 11) is 0. The predicted molar refractivity (Wildman–Crippen MR) is 85.9 cm³/mol. The van der Waals surface area contributed by atoms with Gasteiger partial charge in [-0.2, -0.15) is 0 Å². The second-order valence-corrected chi connectivity index (χ2v) is 4.94. The molecule has 1 aromatic heterocycles. The Morgan fingerprint density at radius 3 is 2.61 bits per heavy atom. The van der Waals surface area contributed by atoms with Crippen LogP contribution in [0.25, 0.3) is 10.9 Å². The Labute approximate surface area is 131 Å². The van der Waals surface area contributed by atoms with Crippen LogP contribution in [0.5, 0.6) is 0 Å². The molecule has 0 radical (unpaired) electrons. The van der Waals surface area contributed by atoms with E-state index in [4.69, 9.17) is 0 Å². The SMILES string of the molecule is O=[N+]([O-])c1ccc2nc(CO)nc(NCc3ccccc3)c2c1. The second-order valence-electron chi connectivity index (χ2n) is 4.94. The van der Waals surface area contributed by atoms with E-state index in [9.17, 15) is 15.2 Å². The normalized spacial score (nSPS) is 10.7. The molecule has 3 rings (SSSR count). The van der Waals surface area contributed by atoms with E-state index in [0.29, 0.717) is 23.3 Å². The standard InChI is InChI=1S/C16H14N4O3/c21-10-15-18-14-7-6-12(20(22)23)8-13(14)16(19-15)17-9-11-4-2-1-3-5-11/h1-8,21H,9-10H2,(H,17,18,19). The second kappa shape index (κ2) is 6.37. The maximum Gasteiger partial charge on any atom is 0.270 e. The molecule has 116 valence electrons. The molecule has 0 atom stereocenters. The topological polar surface area (TPSA) is 101 Å². The number of aromatic nitrogens is 2. The summed E-state index contributed by atoms with van der Waals surface area (Å²) in [4.78, 5) is 18.9. The lowest BCUT2D eigenvalue weighted by Gasteiger charge is -2.10. The lowest BCUT2D eigenvalue weighted by molar-refractivity contribution is -0.384. The van der Waals surface area contributed by atoms with E-state index in [-0.39, 0.29) is 18.1 Å². The summed E-state index contributed by atoms with van der Waals surface area (Å²) in [5, 5.41) is 24.0. The van der Waals surface area contributed by atoms with Crippen LogP contribution in [-0.2, 0) is 13.2 Å². The number of hydrogen-bond donors (Lipinski definition) is 2. The van der Waals surface area contributed by atoms with Gasteiger partial charge in [0.05, 0.1) is 10.4 Å². The molecule has 3 aromatic rings. The molecule has 0 unspecified atom stereocenters. The molecule has 2 N–H and O–H groups in total. The fraction of sp³-hybridized carbons (Fsp3) is 0.125. The minimum Gasteiger partial charge on any atom is -0.388 e. The zero-order valence-electron chi connectivity index (χ0n) is 12.1. The van der Waals surface area contributed by atoms with Crippen LogP contribution >= 0.6 is 0 Å². The number of anilines is 1. The van der Waals surface area contributed by atoms with Crippen molar-refractivity contribution in [3.63, 3.8) is 0 Å². The quantitative estimate of drug-likeness (QED) is 0.555. The highest BCUT2D eigenvalue weighted by molar-refractivity contribution is 5.90. The number of fused-ring (bicyclic) bond motifs is 1. The van der Waals surface area contributed by atoms with E-state index in [1.807, 2.05) is 30.3 Å². The van der Waals surface area contributed by atoms with Crippen LogP contribution in [0.2, 0.25) is 0 Å². The highest BCUT2D eigenvalue weighted by Gasteiger charge is 2.12. The first-order chi connectivity index (χ1) is 11.2. The zero-order valence-corrected chi connectivity index (χ0v) is 12.1. The van der Waals surface area contributed by atoms with Crippen molar-refractivity contribution in [2.75, 3.05) is 5.32 Å². The molecule has 7 heteroatoms. The Balaban J connectivity index is 2.01. The molecule has 0 fully saturated rings. The first-order valence-corrected chi connectivity index (χ1v) is 7.01. The van der Waals surface area contributed by atoms with Crippen molar-refractivity contribution < 1.29 is 10.0 Å². The van der Waals surface area contributed by atoms with Crippen molar-refractivity contribution in [2.24, 2.45) is 0 Å². The predicted octanol–water partition coefficient (Wildman–Crippen LogP) is 2.64. The molecule has 0 saturated heterocycles. The van der Waals surface area contributed by atoms with Crippen LogP contribution < -0.4 is 5.32 Å². The summed E-state index contributed by atoms with van der Waals surface area (Å²) in [6.07, 6.45) is 0. The van der Waals surface area contributed by atoms with E-state index in [1.54, 1.807) is 6.07 Å². The van der Waals surface area contributed by atoms with Gasteiger partial charge in [-0.25, -0.2) is 9.97 Å². The Kier molecular flexibility index (Phi) is 4.11. The Morgan fingerprint density at radius 2 is 1.91 bits per heavy atom. The van der Waals surface area contributed by atoms with Gasteiger partial charge in [-0.05, 0) is 11.6 Å². The van der Waals surface area contributed by atoms with E-state index in [0.717, 1.165) is 5.56 Å². The summed E-state index contributed by atoms with van der Waals surface area (Å²) in [6.45, 7) is 0.216. The lowest BCUT2D eigenvalue weighted by atomic mass is 10.2. The molecule has 0 aliphatic carbocycles. The van der Waals surface area contributed by atoms with Crippen molar-refractivity contribution in [3.05, 3.63) is 70.0 Å². The van der Waals surface area contributed by atoms with E-state index < -0.39 is 4.92 Å². The summed E-state index contributed by atoms with van der Waals surface area (Å²) >= 11 is 0. The van der Waals surface area contributed by atoms with Gasteiger partial charge in [-0.15, -0.1) is 0 Å². The monoisotopic (exact) mass is 310 g/mol. The van der Waals surface area contributed by atoms with Gasteiger partial charge < -0.3 is 10.4 Å². The van der Waals surface area contributed by atoms with Gasteiger partial charge in [-0.3, -0.25) is 10.1 Å². The fourth-order valence-corrected chi connectivity index (χ4v) is 2.27. The molecule has 23 heavy (non-hydrogen) atoms. The number of benzene rings is 2. The van der Waals surface area contributed by atoms with Gasteiger partial charge in [0.25, 0.3) is 5.69 Å². The lowest BCUT2D eigenvalue weighted by Crippen LogP contribution is -2.06. The molecule has 0 amide bonds. The van der Waals surface area contributed by atoms with Crippen LogP contribution in [0.4, 0.5) is 11.5 Å². The van der Waals surface area contributed by atoms with Crippen molar-refractivity contribution in [3.8, 4) is 0 Å². The maximum atomic E-state index is 11.0. The first-order valence-electron chi connectivity index (χ1n) is 7.01. The van der Waals surface area contributed by atoms with E-state index >= 15 is 0 Å². The number of nitro benzene ring substituents is 1. The number of rotatable bonds is 5. The Bertz CT molecular complexity index is 853. The Hall–Kier alpha value is -3.06. The van der Waals surface area contributed by atoms with Crippen LogP contribution in [0.15, 0.2) is 48.5 Å². The number of non-ortho nitro benzene ring substituents is 1. The van der Waals surface area contributed by atoms with Crippen molar-refractivity contribution >= 4 is 22.4 Å². The largest absolute Gasteiger partial charge is 0.388 e. The number of nitro groups is 1. The summed E-state index contributed by atoms with van der Waals surface area (Å²) in [6, 6.07) is 14.1. The first kappa shape index (κ1) is 14.9. The molecule has 0 spiro atoms. The summed E-state index contributed by atoms with van der Waals surface area (Å²) in [5.41, 5.74) is 1.57. The third-order valence-electron chi connectivity index (χ3n) is 3.38. The van der Waals surface area contributed by atoms with E-state index in [2.05, 4.69) is 15.3 Å². The van der Waals surface area contributed by atoms with Gasteiger partial charge in [-0.1, -0.05) is 30.3 Å². The highest BCUT2D eigenvalue weighted by atomic mass is 16.6. The highest BCUT2D eigenvalue weighted by Crippen LogP contribution is 2.25. The molecule has 1 heterocycles. The molecular formula is C16H14N4O3. The number of aliphatic hydroxyl groups is 1. The third-order valence-corrected chi connectivity index (χ3v) is 3.38. The van der Waals surface area contributed by atoms with Crippen molar-refractivity contribution in [1.29, 1.82) is 0 Å². The number of nitrogens with one attached hydrogen (secondary N) is 1. The van der Waals surface area contributed by atoms with Crippen molar-refractivity contribution in [2.45, 2.75) is 13.2 Å². The van der Waals surface area contributed by atoms with Crippen LogP contribution in [-0.4, -0.2) is 20.0 Å². The van der Waals surface area contributed by atoms with Gasteiger partial charge in [0.1, 0.15) is 12.4 Å². The molecule has 7 nitrogen and oxygen atoms in total. The minimum absolute atomic E-state index is 0.0272. The number of hydrogen-bond acceptors (Lipinski definition) is 6. The molecular weight excluding hydrogens is 296 g/mol. The summed E-state index contributed by atoms with van der Waals surface area (Å²) < 4.78 is 0. The Morgan fingerprint density at radius 1 is 1.13 bits per heavy atom. The van der Waals surface area contributed by atoms with E-state index in [1.165, 1.54) is 12.1 Å². The molecule has 0 aliphatic rings. The minimum atomic E-state index is -0.458. The fourth-order valence-electron chi connectivity index (χ4n) is 2.27.